The SMILES string of the molecule is CCCn1cc([N+](=O)[O-])cc(C(=O)Nc2ccc(OC)cc2)c1=O. The number of rotatable bonds is 6. The summed E-state index contributed by atoms with van der Waals surface area (Å²) in [5.41, 5.74) is -0.682. The second-order valence-electron chi connectivity index (χ2n) is 5.05. The van der Waals surface area contributed by atoms with Gasteiger partial charge in [0.15, 0.2) is 0 Å². The number of nitrogens with one attached hydrogen (secondary N) is 1. The minimum atomic E-state index is -0.696. The van der Waals surface area contributed by atoms with Crippen LogP contribution in [0.5, 0.6) is 5.75 Å². The maximum atomic E-state index is 12.3. The minimum absolute atomic E-state index is 0.270. The number of aryl methyl sites for hydroxylation is 1. The summed E-state index contributed by atoms with van der Waals surface area (Å²) in [5.74, 6) is -0.0765. The van der Waals surface area contributed by atoms with E-state index in [-0.39, 0.29) is 11.3 Å². The van der Waals surface area contributed by atoms with Crippen molar-refractivity contribution < 1.29 is 14.5 Å². The standard InChI is InChI=1S/C16H17N3O5/c1-3-8-18-10-12(19(22)23)9-14(16(18)21)15(20)17-11-4-6-13(24-2)7-5-11/h4-7,9-10H,3,8H2,1-2H3,(H,17,20). The van der Waals surface area contributed by atoms with Crippen molar-refractivity contribution in [2.45, 2.75) is 19.9 Å². The highest BCUT2D eigenvalue weighted by Gasteiger charge is 2.19. The lowest BCUT2D eigenvalue weighted by molar-refractivity contribution is -0.385. The van der Waals surface area contributed by atoms with Crippen LogP contribution >= 0.6 is 0 Å². The van der Waals surface area contributed by atoms with Crippen LogP contribution in [0.1, 0.15) is 23.7 Å². The number of nitrogens with zero attached hydrogens (tertiary/aromatic N) is 2. The summed E-state index contributed by atoms with van der Waals surface area (Å²) < 4.78 is 6.20. The molecule has 2 rings (SSSR count). The summed E-state index contributed by atoms with van der Waals surface area (Å²) in [5, 5.41) is 13.6. The third-order valence-electron chi connectivity index (χ3n) is 3.34. The Morgan fingerprint density at radius 1 is 1.33 bits per heavy atom. The van der Waals surface area contributed by atoms with Crippen LogP contribution in [0.15, 0.2) is 41.3 Å². The van der Waals surface area contributed by atoms with E-state index in [2.05, 4.69) is 5.32 Å². The first kappa shape index (κ1) is 17.2. The molecule has 0 saturated heterocycles. The van der Waals surface area contributed by atoms with Gasteiger partial charge in [0.25, 0.3) is 17.2 Å². The zero-order chi connectivity index (χ0) is 17.7. The summed E-state index contributed by atoms with van der Waals surface area (Å²) in [6, 6.07) is 7.52. The molecule has 2 aromatic rings. The molecule has 0 saturated carbocycles. The van der Waals surface area contributed by atoms with Crippen LogP contribution in [0, 0.1) is 10.1 Å². The Kier molecular flexibility index (Phi) is 5.31. The quantitative estimate of drug-likeness (QED) is 0.647. The van der Waals surface area contributed by atoms with Crippen molar-refractivity contribution in [2.24, 2.45) is 0 Å². The summed E-state index contributed by atoms with van der Waals surface area (Å²) in [6.45, 7) is 2.13. The van der Waals surface area contributed by atoms with Gasteiger partial charge in [-0.1, -0.05) is 6.92 Å². The van der Waals surface area contributed by atoms with E-state index in [0.29, 0.717) is 24.4 Å². The van der Waals surface area contributed by atoms with Crippen molar-refractivity contribution in [2.75, 3.05) is 12.4 Å². The van der Waals surface area contributed by atoms with Crippen LogP contribution in [-0.4, -0.2) is 22.5 Å². The van der Waals surface area contributed by atoms with E-state index in [0.717, 1.165) is 12.3 Å². The number of hydrogen-bond donors (Lipinski definition) is 1. The van der Waals surface area contributed by atoms with Crippen molar-refractivity contribution in [3.05, 3.63) is 62.6 Å². The first-order valence-corrected chi connectivity index (χ1v) is 7.30. The van der Waals surface area contributed by atoms with Gasteiger partial charge in [0.1, 0.15) is 11.3 Å². The molecule has 0 atom stereocenters. The van der Waals surface area contributed by atoms with Gasteiger partial charge < -0.3 is 14.6 Å². The number of aromatic nitrogens is 1. The normalized spacial score (nSPS) is 10.2. The number of anilines is 1. The van der Waals surface area contributed by atoms with E-state index < -0.39 is 16.4 Å². The Hall–Kier alpha value is -3.16. The number of amides is 1. The second kappa shape index (κ2) is 7.40. The highest BCUT2D eigenvalue weighted by Crippen LogP contribution is 2.16. The lowest BCUT2D eigenvalue weighted by Gasteiger charge is -2.09. The van der Waals surface area contributed by atoms with Gasteiger partial charge in [-0.2, -0.15) is 0 Å². The number of carbonyl (C=O) groups is 1. The number of methoxy groups -OCH3 is 1. The summed E-state index contributed by atoms with van der Waals surface area (Å²) in [4.78, 5) is 35.1. The molecule has 0 fully saturated rings. The van der Waals surface area contributed by atoms with Gasteiger partial charge in [-0.15, -0.1) is 0 Å². The molecule has 8 heteroatoms. The molecule has 0 unspecified atom stereocenters. The smallest absolute Gasteiger partial charge is 0.286 e. The number of hydrogen-bond acceptors (Lipinski definition) is 5. The molecule has 1 aromatic carbocycles. The summed E-state index contributed by atoms with van der Waals surface area (Å²) >= 11 is 0. The van der Waals surface area contributed by atoms with E-state index in [1.807, 2.05) is 6.92 Å². The predicted octanol–water partition coefficient (Wildman–Crippen LogP) is 2.43. The summed E-state index contributed by atoms with van der Waals surface area (Å²) in [6.07, 6.45) is 1.76. The molecular formula is C16H17N3O5. The molecule has 1 amide bonds. The Bertz CT molecular complexity index is 811. The average Bonchev–Trinajstić information content (AvgIpc) is 2.57. The van der Waals surface area contributed by atoms with Gasteiger partial charge in [0.05, 0.1) is 18.2 Å². The first-order chi connectivity index (χ1) is 11.5. The zero-order valence-corrected chi connectivity index (χ0v) is 13.3. The van der Waals surface area contributed by atoms with Gasteiger partial charge in [0.2, 0.25) is 0 Å². The maximum absolute atomic E-state index is 12.3. The number of ether oxygens (including phenoxy) is 1. The maximum Gasteiger partial charge on any atom is 0.286 e. The molecule has 0 aliphatic heterocycles. The molecule has 1 heterocycles. The predicted molar refractivity (Wildman–Crippen MR) is 88.6 cm³/mol. The van der Waals surface area contributed by atoms with E-state index in [4.69, 9.17) is 4.74 Å². The third-order valence-corrected chi connectivity index (χ3v) is 3.34. The number of nitro groups is 1. The van der Waals surface area contributed by atoms with E-state index in [1.165, 1.54) is 11.7 Å². The van der Waals surface area contributed by atoms with Crippen molar-refractivity contribution in [3.63, 3.8) is 0 Å². The van der Waals surface area contributed by atoms with Crippen LogP contribution in [-0.2, 0) is 6.54 Å². The molecular weight excluding hydrogens is 314 g/mol. The average molecular weight is 331 g/mol. The van der Waals surface area contributed by atoms with Gasteiger partial charge in [-0.05, 0) is 30.7 Å². The summed E-state index contributed by atoms with van der Waals surface area (Å²) in [7, 11) is 1.52. The fourth-order valence-electron chi connectivity index (χ4n) is 2.16. The Morgan fingerprint density at radius 2 is 2.00 bits per heavy atom. The highest BCUT2D eigenvalue weighted by molar-refractivity contribution is 6.04. The van der Waals surface area contributed by atoms with Gasteiger partial charge in [-0.25, -0.2) is 0 Å². The fourth-order valence-corrected chi connectivity index (χ4v) is 2.16. The molecule has 8 nitrogen and oxygen atoms in total. The molecule has 0 bridgehead atoms. The largest absolute Gasteiger partial charge is 0.497 e. The van der Waals surface area contributed by atoms with Crippen LogP contribution in [0.25, 0.3) is 0 Å². The molecule has 0 radical (unpaired) electrons. The molecule has 0 aliphatic carbocycles. The van der Waals surface area contributed by atoms with E-state index >= 15 is 0 Å². The van der Waals surface area contributed by atoms with Crippen LogP contribution in [0.3, 0.4) is 0 Å². The van der Waals surface area contributed by atoms with Crippen molar-refractivity contribution in [3.8, 4) is 5.75 Å². The lowest BCUT2D eigenvalue weighted by Crippen LogP contribution is -2.29. The van der Waals surface area contributed by atoms with Crippen LogP contribution < -0.4 is 15.6 Å². The third kappa shape index (κ3) is 3.78. The monoisotopic (exact) mass is 331 g/mol. The highest BCUT2D eigenvalue weighted by atomic mass is 16.6. The number of carbonyl (C=O) groups excluding carboxylic acids is 1. The van der Waals surface area contributed by atoms with Gasteiger partial charge >= 0.3 is 0 Å². The molecule has 0 spiro atoms. The number of pyridine rings is 1. The molecule has 0 aliphatic rings. The van der Waals surface area contributed by atoms with E-state index in [9.17, 15) is 19.7 Å². The van der Waals surface area contributed by atoms with Crippen molar-refractivity contribution in [1.29, 1.82) is 0 Å². The lowest BCUT2D eigenvalue weighted by atomic mass is 10.2. The number of benzene rings is 1. The Morgan fingerprint density at radius 3 is 2.54 bits per heavy atom. The van der Waals surface area contributed by atoms with E-state index in [1.54, 1.807) is 24.3 Å². The van der Waals surface area contributed by atoms with Crippen molar-refractivity contribution >= 4 is 17.3 Å². The molecule has 1 aromatic heterocycles. The van der Waals surface area contributed by atoms with Gasteiger partial charge in [-0.3, -0.25) is 19.7 Å². The minimum Gasteiger partial charge on any atom is -0.497 e. The molecule has 1 N–H and O–H groups in total. The van der Waals surface area contributed by atoms with Gasteiger partial charge in [0, 0.05) is 18.3 Å². The molecule has 126 valence electrons. The van der Waals surface area contributed by atoms with Crippen LogP contribution in [0.4, 0.5) is 11.4 Å². The first-order valence-electron chi connectivity index (χ1n) is 7.30. The zero-order valence-electron chi connectivity index (χ0n) is 13.3. The van der Waals surface area contributed by atoms with Crippen LogP contribution in [0.2, 0.25) is 0 Å². The Labute approximate surface area is 137 Å². The Balaban J connectivity index is 2.36. The fraction of sp³-hybridized carbons (Fsp3) is 0.250. The second-order valence-corrected chi connectivity index (χ2v) is 5.05. The molecule has 24 heavy (non-hydrogen) atoms. The topological polar surface area (TPSA) is 103 Å². The van der Waals surface area contributed by atoms with Crippen molar-refractivity contribution in [1.82, 2.24) is 4.57 Å².